The lowest BCUT2D eigenvalue weighted by Gasteiger charge is -2.16. The van der Waals surface area contributed by atoms with Crippen molar-refractivity contribution < 1.29 is 14.0 Å². The third kappa shape index (κ3) is 4.58. The average Bonchev–Trinajstić information content (AvgIpc) is 2.69. The Hall–Kier alpha value is -3.47. The number of hydrogen-bond donors (Lipinski definition) is 2. The van der Waals surface area contributed by atoms with Crippen molar-refractivity contribution in [3.8, 4) is 0 Å². The number of nitrogens with one attached hydrogen (secondary N) is 2. The number of benzene rings is 3. The van der Waals surface area contributed by atoms with Gasteiger partial charge in [0.05, 0.1) is 11.6 Å². The molecule has 2 amide bonds. The van der Waals surface area contributed by atoms with E-state index in [9.17, 15) is 14.0 Å². The molecule has 0 radical (unpaired) electrons. The van der Waals surface area contributed by atoms with Crippen LogP contribution in [0, 0.1) is 5.82 Å². The summed E-state index contributed by atoms with van der Waals surface area (Å²) in [5.74, 6) is -1.26. The van der Waals surface area contributed by atoms with Gasteiger partial charge in [-0.3, -0.25) is 9.59 Å². The van der Waals surface area contributed by atoms with Gasteiger partial charge in [0.25, 0.3) is 11.8 Å². The summed E-state index contributed by atoms with van der Waals surface area (Å²) in [7, 11) is 0. The molecule has 0 aliphatic heterocycles. The second kappa shape index (κ2) is 8.27. The molecular weight excluding hydrogens is 343 g/mol. The average molecular weight is 362 g/mol. The third-order valence-electron chi connectivity index (χ3n) is 4.15. The van der Waals surface area contributed by atoms with E-state index in [1.54, 1.807) is 55.5 Å². The van der Waals surface area contributed by atoms with Crippen molar-refractivity contribution in [2.75, 3.05) is 5.32 Å². The van der Waals surface area contributed by atoms with Crippen LogP contribution in [-0.2, 0) is 0 Å². The topological polar surface area (TPSA) is 58.2 Å². The van der Waals surface area contributed by atoms with Crippen LogP contribution in [0.25, 0.3) is 0 Å². The van der Waals surface area contributed by atoms with Crippen LogP contribution in [0.2, 0.25) is 0 Å². The van der Waals surface area contributed by atoms with Crippen LogP contribution in [0.5, 0.6) is 0 Å². The van der Waals surface area contributed by atoms with Gasteiger partial charge < -0.3 is 10.6 Å². The van der Waals surface area contributed by atoms with Crippen LogP contribution in [-0.4, -0.2) is 11.8 Å². The van der Waals surface area contributed by atoms with E-state index in [1.807, 2.05) is 12.1 Å². The first-order valence-electron chi connectivity index (χ1n) is 8.56. The molecule has 0 bridgehead atoms. The predicted molar refractivity (Wildman–Crippen MR) is 103 cm³/mol. The first kappa shape index (κ1) is 18.3. The summed E-state index contributed by atoms with van der Waals surface area (Å²) in [5, 5.41) is 5.61. The number of halogens is 1. The van der Waals surface area contributed by atoms with Gasteiger partial charge in [0.1, 0.15) is 5.82 Å². The predicted octanol–water partition coefficient (Wildman–Crippen LogP) is 4.57. The van der Waals surface area contributed by atoms with E-state index < -0.39 is 11.7 Å². The molecule has 0 heterocycles. The second-order valence-corrected chi connectivity index (χ2v) is 6.12. The van der Waals surface area contributed by atoms with E-state index in [4.69, 9.17) is 0 Å². The van der Waals surface area contributed by atoms with E-state index in [0.717, 1.165) is 5.56 Å². The largest absolute Gasteiger partial charge is 0.345 e. The Kier molecular flexibility index (Phi) is 5.61. The molecule has 5 heteroatoms. The lowest BCUT2D eigenvalue weighted by molar-refractivity contribution is 0.0935. The van der Waals surface area contributed by atoms with Crippen LogP contribution in [0.15, 0.2) is 78.9 Å². The first-order chi connectivity index (χ1) is 13.0. The fraction of sp³-hybridized carbons (Fsp3) is 0.0909. The summed E-state index contributed by atoms with van der Waals surface area (Å²) >= 11 is 0. The number of anilines is 1. The minimum Gasteiger partial charge on any atom is -0.345 e. The molecule has 136 valence electrons. The molecule has 3 aromatic rings. The van der Waals surface area contributed by atoms with Crippen molar-refractivity contribution >= 4 is 17.5 Å². The minimum absolute atomic E-state index is 0.00196. The quantitative estimate of drug-likeness (QED) is 0.698. The Balaban J connectivity index is 1.70. The molecule has 27 heavy (non-hydrogen) atoms. The number of carbonyl (C=O) groups excluding carboxylic acids is 2. The van der Waals surface area contributed by atoms with Gasteiger partial charge in [-0.2, -0.15) is 0 Å². The van der Waals surface area contributed by atoms with E-state index in [-0.39, 0.29) is 17.5 Å². The number of hydrogen-bond acceptors (Lipinski definition) is 2. The van der Waals surface area contributed by atoms with Gasteiger partial charge in [-0.1, -0.05) is 42.5 Å². The Bertz CT molecular complexity index is 957. The van der Waals surface area contributed by atoms with Crippen LogP contribution < -0.4 is 10.6 Å². The molecule has 0 saturated carbocycles. The molecule has 3 rings (SSSR count). The molecular formula is C22H19FN2O2. The van der Waals surface area contributed by atoms with Crippen LogP contribution in [0.3, 0.4) is 0 Å². The zero-order valence-electron chi connectivity index (χ0n) is 14.8. The van der Waals surface area contributed by atoms with Gasteiger partial charge in [0.2, 0.25) is 0 Å². The molecule has 0 spiro atoms. The van der Waals surface area contributed by atoms with E-state index in [0.29, 0.717) is 11.3 Å². The van der Waals surface area contributed by atoms with Crippen LogP contribution in [0.1, 0.15) is 39.2 Å². The number of amides is 2. The van der Waals surface area contributed by atoms with Gasteiger partial charge in [0.15, 0.2) is 0 Å². The Morgan fingerprint density at radius 3 is 2.30 bits per heavy atom. The fourth-order valence-corrected chi connectivity index (χ4v) is 2.68. The van der Waals surface area contributed by atoms with Crippen LogP contribution >= 0.6 is 0 Å². The molecule has 0 saturated heterocycles. The van der Waals surface area contributed by atoms with Crippen molar-refractivity contribution in [2.24, 2.45) is 0 Å². The van der Waals surface area contributed by atoms with Gasteiger partial charge in [-0.05, 0) is 48.9 Å². The summed E-state index contributed by atoms with van der Waals surface area (Å²) < 4.78 is 13.8. The summed E-state index contributed by atoms with van der Waals surface area (Å²) in [6.07, 6.45) is 0. The molecule has 1 unspecified atom stereocenters. The minimum atomic E-state index is -0.564. The summed E-state index contributed by atoms with van der Waals surface area (Å²) in [6.45, 7) is 1.80. The van der Waals surface area contributed by atoms with Crippen molar-refractivity contribution in [1.82, 2.24) is 5.32 Å². The summed E-state index contributed by atoms with van der Waals surface area (Å²) in [5.41, 5.74) is 1.97. The number of rotatable bonds is 5. The zero-order chi connectivity index (χ0) is 19.2. The van der Waals surface area contributed by atoms with E-state index in [1.165, 1.54) is 18.2 Å². The van der Waals surface area contributed by atoms with Crippen molar-refractivity contribution in [1.29, 1.82) is 0 Å². The fourth-order valence-electron chi connectivity index (χ4n) is 2.68. The van der Waals surface area contributed by atoms with Crippen molar-refractivity contribution in [3.63, 3.8) is 0 Å². The van der Waals surface area contributed by atoms with Gasteiger partial charge >= 0.3 is 0 Å². The Morgan fingerprint density at radius 1 is 0.852 bits per heavy atom. The van der Waals surface area contributed by atoms with Crippen molar-refractivity contribution in [2.45, 2.75) is 13.0 Å². The molecule has 0 aromatic heterocycles. The van der Waals surface area contributed by atoms with Gasteiger partial charge in [-0.15, -0.1) is 0 Å². The summed E-state index contributed by atoms with van der Waals surface area (Å²) in [4.78, 5) is 24.5. The molecule has 0 aliphatic rings. The standard InChI is InChI=1S/C22H19FN2O2/c1-15(24-22(27)19-12-5-6-13-20(19)23)17-10-7-11-18(14-17)25-21(26)16-8-3-2-4-9-16/h2-15H,1H3,(H,24,27)(H,25,26). The SMILES string of the molecule is CC(NC(=O)c1ccccc1F)c1cccc(NC(=O)c2ccccc2)c1. The highest BCUT2D eigenvalue weighted by Crippen LogP contribution is 2.19. The van der Waals surface area contributed by atoms with Gasteiger partial charge in [-0.25, -0.2) is 4.39 Å². The molecule has 2 N–H and O–H groups in total. The Labute approximate surface area is 157 Å². The zero-order valence-corrected chi connectivity index (χ0v) is 14.8. The van der Waals surface area contributed by atoms with E-state index in [2.05, 4.69) is 10.6 Å². The lowest BCUT2D eigenvalue weighted by Crippen LogP contribution is -2.27. The third-order valence-corrected chi connectivity index (χ3v) is 4.15. The molecule has 0 aliphatic carbocycles. The highest BCUT2D eigenvalue weighted by Gasteiger charge is 2.15. The highest BCUT2D eigenvalue weighted by molar-refractivity contribution is 6.04. The lowest BCUT2D eigenvalue weighted by atomic mass is 10.1. The smallest absolute Gasteiger partial charge is 0.255 e. The molecule has 3 aromatic carbocycles. The highest BCUT2D eigenvalue weighted by atomic mass is 19.1. The Morgan fingerprint density at radius 2 is 1.56 bits per heavy atom. The molecule has 0 fully saturated rings. The maximum absolute atomic E-state index is 13.8. The molecule has 1 atom stereocenters. The second-order valence-electron chi connectivity index (χ2n) is 6.12. The first-order valence-corrected chi connectivity index (χ1v) is 8.56. The maximum Gasteiger partial charge on any atom is 0.255 e. The maximum atomic E-state index is 13.8. The van der Waals surface area contributed by atoms with Crippen molar-refractivity contribution in [3.05, 3.63) is 101 Å². The number of carbonyl (C=O) groups is 2. The monoisotopic (exact) mass is 362 g/mol. The normalized spacial score (nSPS) is 11.5. The summed E-state index contributed by atoms with van der Waals surface area (Å²) in [6, 6.07) is 21.6. The van der Waals surface area contributed by atoms with Gasteiger partial charge in [0, 0.05) is 11.3 Å². The van der Waals surface area contributed by atoms with E-state index >= 15 is 0 Å². The molecule has 4 nitrogen and oxygen atoms in total. The van der Waals surface area contributed by atoms with Crippen LogP contribution in [0.4, 0.5) is 10.1 Å².